The van der Waals surface area contributed by atoms with Gasteiger partial charge in [-0.2, -0.15) is 0 Å². The van der Waals surface area contributed by atoms with Gasteiger partial charge in [0.2, 0.25) is 0 Å². The van der Waals surface area contributed by atoms with E-state index in [0.717, 1.165) is 5.56 Å². The fraction of sp³-hybridized carbons (Fsp3) is 0.462. The molecular formula is C13H15ClO3S. The standard InChI is InChI=1S/C13H15ClO3S/c1-9-2-3-11(7-12(9)14)13(15)6-10-4-5-18(16,17)8-10/h2-3,7,10H,4-6,8H2,1H3. The lowest BCUT2D eigenvalue weighted by Crippen LogP contribution is -2.10. The molecule has 0 N–H and O–H groups in total. The molecule has 2 rings (SSSR count). The zero-order valence-electron chi connectivity index (χ0n) is 10.1. The molecule has 1 unspecified atom stereocenters. The molecule has 1 aromatic carbocycles. The van der Waals surface area contributed by atoms with Crippen LogP contribution in [0.1, 0.15) is 28.8 Å². The van der Waals surface area contributed by atoms with Gasteiger partial charge < -0.3 is 0 Å². The number of ketones is 1. The monoisotopic (exact) mass is 286 g/mol. The number of halogens is 1. The highest BCUT2D eigenvalue weighted by atomic mass is 35.5. The Bertz CT molecular complexity index is 578. The van der Waals surface area contributed by atoms with Crippen LogP contribution in [0.25, 0.3) is 0 Å². The third-order valence-corrected chi connectivity index (χ3v) is 5.54. The molecule has 18 heavy (non-hydrogen) atoms. The van der Waals surface area contributed by atoms with Crippen molar-refractivity contribution in [1.82, 2.24) is 0 Å². The summed E-state index contributed by atoms with van der Waals surface area (Å²) in [5, 5.41) is 0.569. The fourth-order valence-electron chi connectivity index (χ4n) is 2.18. The molecule has 0 radical (unpaired) electrons. The summed E-state index contributed by atoms with van der Waals surface area (Å²) in [6, 6.07) is 5.20. The smallest absolute Gasteiger partial charge is 0.163 e. The van der Waals surface area contributed by atoms with E-state index < -0.39 is 9.84 Å². The van der Waals surface area contributed by atoms with Gasteiger partial charge in [0.15, 0.2) is 15.6 Å². The molecule has 0 aliphatic carbocycles. The number of rotatable bonds is 3. The third-order valence-electron chi connectivity index (χ3n) is 3.29. The van der Waals surface area contributed by atoms with E-state index in [9.17, 15) is 13.2 Å². The molecule has 3 nitrogen and oxygen atoms in total. The lowest BCUT2D eigenvalue weighted by Gasteiger charge is -2.07. The van der Waals surface area contributed by atoms with Crippen molar-refractivity contribution in [2.45, 2.75) is 19.8 Å². The summed E-state index contributed by atoms with van der Waals surface area (Å²) in [6.07, 6.45) is 0.881. The topological polar surface area (TPSA) is 51.2 Å². The Morgan fingerprint density at radius 1 is 1.44 bits per heavy atom. The minimum Gasteiger partial charge on any atom is -0.294 e. The molecule has 98 valence electrons. The fourth-order valence-corrected chi connectivity index (χ4v) is 4.22. The number of hydrogen-bond donors (Lipinski definition) is 0. The third kappa shape index (κ3) is 3.12. The Labute approximate surface area is 112 Å². The predicted octanol–water partition coefficient (Wildman–Crippen LogP) is 2.66. The van der Waals surface area contributed by atoms with Gasteiger partial charge in [-0.05, 0) is 30.9 Å². The average Bonchev–Trinajstić information content (AvgIpc) is 2.62. The lowest BCUT2D eigenvalue weighted by molar-refractivity contribution is 0.0965. The molecule has 1 aliphatic heterocycles. The van der Waals surface area contributed by atoms with Crippen LogP contribution >= 0.6 is 11.6 Å². The molecule has 0 aromatic heterocycles. The molecule has 1 fully saturated rings. The van der Waals surface area contributed by atoms with Gasteiger partial charge in [-0.3, -0.25) is 4.79 Å². The highest BCUT2D eigenvalue weighted by Gasteiger charge is 2.29. The van der Waals surface area contributed by atoms with Gasteiger partial charge in [-0.15, -0.1) is 0 Å². The van der Waals surface area contributed by atoms with E-state index in [1.54, 1.807) is 18.2 Å². The van der Waals surface area contributed by atoms with Crippen molar-refractivity contribution in [3.8, 4) is 0 Å². The van der Waals surface area contributed by atoms with E-state index in [4.69, 9.17) is 11.6 Å². The SMILES string of the molecule is Cc1ccc(C(=O)CC2CCS(=O)(=O)C2)cc1Cl. The van der Waals surface area contributed by atoms with Crippen LogP contribution < -0.4 is 0 Å². The second-order valence-corrected chi connectivity index (χ2v) is 7.50. The van der Waals surface area contributed by atoms with Crippen LogP contribution in [0.5, 0.6) is 0 Å². The van der Waals surface area contributed by atoms with Crippen LogP contribution in [0.3, 0.4) is 0 Å². The molecule has 0 bridgehead atoms. The Hall–Kier alpha value is -0.870. The first-order valence-electron chi connectivity index (χ1n) is 5.87. The molecule has 1 atom stereocenters. The summed E-state index contributed by atoms with van der Waals surface area (Å²) >= 11 is 5.97. The zero-order valence-corrected chi connectivity index (χ0v) is 11.7. The van der Waals surface area contributed by atoms with Gasteiger partial charge in [-0.1, -0.05) is 23.7 Å². The van der Waals surface area contributed by atoms with Gasteiger partial charge >= 0.3 is 0 Å². The quantitative estimate of drug-likeness (QED) is 0.803. The lowest BCUT2D eigenvalue weighted by atomic mass is 9.97. The number of Topliss-reactive ketones (excluding diaryl/α,β-unsaturated/α-hetero) is 1. The Balaban J connectivity index is 2.06. The molecule has 1 aliphatic rings. The summed E-state index contributed by atoms with van der Waals surface area (Å²) in [4.78, 5) is 12.0. The maximum atomic E-state index is 12.0. The van der Waals surface area contributed by atoms with E-state index >= 15 is 0 Å². The van der Waals surface area contributed by atoms with Gasteiger partial charge in [0, 0.05) is 17.0 Å². The number of carbonyl (C=O) groups is 1. The van der Waals surface area contributed by atoms with Crippen LogP contribution in [0, 0.1) is 12.8 Å². The Morgan fingerprint density at radius 3 is 2.72 bits per heavy atom. The number of sulfone groups is 1. The molecule has 5 heteroatoms. The van der Waals surface area contributed by atoms with Crippen molar-refractivity contribution in [3.05, 3.63) is 34.3 Å². The first-order chi connectivity index (χ1) is 8.37. The van der Waals surface area contributed by atoms with Crippen LogP contribution in [0.4, 0.5) is 0 Å². The molecule has 1 aromatic rings. The minimum absolute atomic E-state index is 0.0287. The normalized spacial score (nSPS) is 22.0. The number of aryl methyl sites for hydroxylation is 1. The average molecular weight is 287 g/mol. The van der Waals surface area contributed by atoms with Crippen molar-refractivity contribution in [1.29, 1.82) is 0 Å². The highest BCUT2D eigenvalue weighted by molar-refractivity contribution is 7.91. The van der Waals surface area contributed by atoms with Crippen LogP contribution in [0.2, 0.25) is 5.02 Å². The molecule has 0 saturated carbocycles. The summed E-state index contributed by atoms with van der Waals surface area (Å²) in [5.41, 5.74) is 1.49. The minimum atomic E-state index is -2.92. The van der Waals surface area contributed by atoms with Crippen molar-refractivity contribution >= 4 is 27.2 Å². The van der Waals surface area contributed by atoms with Gasteiger partial charge in [0.05, 0.1) is 11.5 Å². The first-order valence-corrected chi connectivity index (χ1v) is 8.07. The summed E-state index contributed by atoms with van der Waals surface area (Å²) in [6.45, 7) is 1.88. The van der Waals surface area contributed by atoms with E-state index in [0.29, 0.717) is 23.4 Å². The van der Waals surface area contributed by atoms with E-state index in [2.05, 4.69) is 0 Å². The molecule has 1 heterocycles. The Kier molecular flexibility index (Phi) is 3.78. The van der Waals surface area contributed by atoms with Crippen molar-refractivity contribution in [3.63, 3.8) is 0 Å². The van der Waals surface area contributed by atoms with Gasteiger partial charge in [-0.25, -0.2) is 8.42 Å². The van der Waals surface area contributed by atoms with Crippen LogP contribution in [0.15, 0.2) is 18.2 Å². The second kappa shape index (κ2) is 5.02. The van der Waals surface area contributed by atoms with Gasteiger partial charge in [0.1, 0.15) is 0 Å². The Morgan fingerprint density at radius 2 is 2.17 bits per heavy atom. The molecule has 1 saturated heterocycles. The predicted molar refractivity (Wildman–Crippen MR) is 71.9 cm³/mol. The zero-order chi connectivity index (χ0) is 13.3. The summed E-state index contributed by atoms with van der Waals surface area (Å²) < 4.78 is 22.7. The van der Waals surface area contributed by atoms with Crippen molar-refractivity contribution < 1.29 is 13.2 Å². The summed E-state index contributed by atoms with van der Waals surface area (Å²) in [7, 11) is -2.92. The van der Waals surface area contributed by atoms with E-state index in [1.165, 1.54) is 0 Å². The van der Waals surface area contributed by atoms with E-state index in [-0.39, 0.29) is 23.2 Å². The molecular weight excluding hydrogens is 272 g/mol. The van der Waals surface area contributed by atoms with Crippen molar-refractivity contribution in [2.24, 2.45) is 5.92 Å². The number of benzene rings is 1. The largest absolute Gasteiger partial charge is 0.294 e. The van der Waals surface area contributed by atoms with Crippen LogP contribution in [-0.4, -0.2) is 25.7 Å². The first kappa shape index (κ1) is 13.6. The maximum Gasteiger partial charge on any atom is 0.163 e. The maximum absolute atomic E-state index is 12.0. The van der Waals surface area contributed by atoms with Crippen LogP contribution in [-0.2, 0) is 9.84 Å². The summed E-state index contributed by atoms with van der Waals surface area (Å²) in [5.74, 6) is 0.277. The van der Waals surface area contributed by atoms with Crippen molar-refractivity contribution in [2.75, 3.05) is 11.5 Å². The van der Waals surface area contributed by atoms with E-state index in [1.807, 2.05) is 6.92 Å². The number of hydrogen-bond acceptors (Lipinski definition) is 3. The highest BCUT2D eigenvalue weighted by Crippen LogP contribution is 2.24. The molecule has 0 spiro atoms. The molecule has 0 amide bonds. The van der Waals surface area contributed by atoms with Gasteiger partial charge in [0.25, 0.3) is 0 Å². The second-order valence-electron chi connectivity index (χ2n) is 4.86. The number of carbonyl (C=O) groups excluding carboxylic acids is 1.